The van der Waals surface area contributed by atoms with Crippen molar-refractivity contribution in [2.75, 3.05) is 11.6 Å². The molecule has 0 aliphatic carbocycles. The van der Waals surface area contributed by atoms with Crippen LogP contribution in [-0.4, -0.2) is 16.6 Å². The average Bonchev–Trinajstić information content (AvgIpc) is 2.19. The first-order valence-corrected chi connectivity index (χ1v) is 6.04. The summed E-state index contributed by atoms with van der Waals surface area (Å²) in [5.41, 5.74) is 1.29. The molecule has 0 bridgehead atoms. The van der Waals surface area contributed by atoms with Crippen molar-refractivity contribution in [3.63, 3.8) is 0 Å². The molecule has 1 aromatic heterocycles. The highest BCUT2D eigenvalue weighted by Gasteiger charge is 1.99. The van der Waals surface area contributed by atoms with Crippen LogP contribution in [0.2, 0.25) is 0 Å². The Balaban J connectivity index is 2.20. The number of rotatable bonds is 5. The Kier molecular flexibility index (Phi) is 5.25. The van der Waals surface area contributed by atoms with Gasteiger partial charge in [0.1, 0.15) is 0 Å². The molecule has 0 radical (unpaired) electrons. The topological polar surface area (TPSA) is 12.9 Å². The fourth-order valence-corrected chi connectivity index (χ4v) is 2.19. The van der Waals surface area contributed by atoms with E-state index in [4.69, 9.17) is 11.6 Å². The molecule has 0 amide bonds. The van der Waals surface area contributed by atoms with Crippen molar-refractivity contribution >= 4 is 23.4 Å². The number of thioether (sulfide) groups is 1. The third-order valence-electron chi connectivity index (χ3n) is 1.66. The van der Waals surface area contributed by atoms with Gasteiger partial charge in [0.15, 0.2) is 0 Å². The standard InChI is InChI=1S/C10H14ClNS/c1-9(5-11)7-13-8-10-3-2-4-12-6-10/h2-4,6,9H,5,7-8H2,1H3. The summed E-state index contributed by atoms with van der Waals surface area (Å²) in [6, 6.07) is 4.08. The van der Waals surface area contributed by atoms with Gasteiger partial charge in [0, 0.05) is 24.0 Å². The lowest BCUT2D eigenvalue weighted by atomic mass is 10.3. The summed E-state index contributed by atoms with van der Waals surface area (Å²) in [5, 5.41) is 0. The monoisotopic (exact) mass is 215 g/mol. The largest absolute Gasteiger partial charge is 0.264 e. The summed E-state index contributed by atoms with van der Waals surface area (Å²) in [7, 11) is 0. The minimum absolute atomic E-state index is 0.600. The zero-order chi connectivity index (χ0) is 9.52. The normalized spacial score (nSPS) is 12.8. The number of alkyl halides is 1. The van der Waals surface area contributed by atoms with Crippen molar-refractivity contribution in [3.8, 4) is 0 Å². The van der Waals surface area contributed by atoms with E-state index in [1.807, 2.05) is 24.0 Å². The minimum atomic E-state index is 0.600. The molecule has 13 heavy (non-hydrogen) atoms. The van der Waals surface area contributed by atoms with E-state index in [0.717, 1.165) is 17.4 Å². The predicted molar refractivity (Wildman–Crippen MR) is 60.3 cm³/mol. The molecule has 0 aliphatic heterocycles. The van der Waals surface area contributed by atoms with Gasteiger partial charge in [-0.15, -0.1) is 11.6 Å². The van der Waals surface area contributed by atoms with Gasteiger partial charge < -0.3 is 0 Å². The van der Waals surface area contributed by atoms with E-state index in [2.05, 4.69) is 18.0 Å². The molecule has 0 spiro atoms. The van der Waals surface area contributed by atoms with Crippen LogP contribution in [0.1, 0.15) is 12.5 Å². The summed E-state index contributed by atoms with van der Waals surface area (Å²) < 4.78 is 0. The molecule has 0 N–H and O–H groups in total. The quantitative estimate of drug-likeness (QED) is 0.700. The van der Waals surface area contributed by atoms with Crippen LogP contribution in [0.3, 0.4) is 0 Å². The zero-order valence-electron chi connectivity index (χ0n) is 7.74. The van der Waals surface area contributed by atoms with E-state index in [1.54, 1.807) is 6.20 Å². The van der Waals surface area contributed by atoms with E-state index in [1.165, 1.54) is 5.56 Å². The first-order chi connectivity index (χ1) is 6.33. The number of pyridine rings is 1. The highest BCUT2D eigenvalue weighted by molar-refractivity contribution is 7.98. The van der Waals surface area contributed by atoms with E-state index in [-0.39, 0.29) is 0 Å². The van der Waals surface area contributed by atoms with E-state index < -0.39 is 0 Å². The maximum atomic E-state index is 5.71. The molecule has 3 heteroatoms. The van der Waals surface area contributed by atoms with Gasteiger partial charge >= 0.3 is 0 Å². The Labute approximate surface area is 88.9 Å². The van der Waals surface area contributed by atoms with Gasteiger partial charge in [-0.25, -0.2) is 0 Å². The summed E-state index contributed by atoms with van der Waals surface area (Å²) in [5.74, 6) is 3.51. The van der Waals surface area contributed by atoms with Gasteiger partial charge in [-0.2, -0.15) is 11.8 Å². The molecule has 1 unspecified atom stereocenters. The number of hydrogen-bond donors (Lipinski definition) is 0. The number of nitrogens with zero attached hydrogens (tertiary/aromatic N) is 1. The summed E-state index contributed by atoms with van der Waals surface area (Å²) in [6.45, 7) is 2.17. The molecule has 1 heterocycles. The van der Waals surface area contributed by atoms with Crippen LogP contribution >= 0.6 is 23.4 Å². The molecule has 0 fully saturated rings. The number of halogens is 1. The lowest BCUT2D eigenvalue weighted by molar-refractivity contribution is 0.759. The molecule has 72 valence electrons. The molecular weight excluding hydrogens is 202 g/mol. The third-order valence-corrected chi connectivity index (χ3v) is 3.53. The van der Waals surface area contributed by atoms with Gasteiger partial charge in [-0.3, -0.25) is 4.98 Å². The van der Waals surface area contributed by atoms with E-state index in [9.17, 15) is 0 Å². The Morgan fingerprint density at radius 3 is 3.08 bits per heavy atom. The molecule has 1 atom stereocenters. The molecule has 0 saturated heterocycles. The van der Waals surface area contributed by atoms with Gasteiger partial charge in [0.05, 0.1) is 0 Å². The maximum absolute atomic E-state index is 5.71. The first-order valence-electron chi connectivity index (χ1n) is 4.35. The molecular formula is C10H14ClNS. The molecule has 1 rings (SSSR count). The van der Waals surface area contributed by atoms with Crippen LogP contribution in [0, 0.1) is 5.92 Å². The Morgan fingerprint density at radius 2 is 2.46 bits per heavy atom. The van der Waals surface area contributed by atoms with Crippen LogP contribution in [-0.2, 0) is 5.75 Å². The predicted octanol–water partition coefficient (Wildman–Crippen LogP) is 3.19. The maximum Gasteiger partial charge on any atom is 0.0308 e. The van der Waals surface area contributed by atoms with Gasteiger partial charge in [-0.1, -0.05) is 13.0 Å². The van der Waals surface area contributed by atoms with Crippen LogP contribution in [0.15, 0.2) is 24.5 Å². The van der Waals surface area contributed by atoms with Crippen molar-refractivity contribution in [1.82, 2.24) is 4.98 Å². The highest BCUT2D eigenvalue weighted by Crippen LogP contribution is 2.15. The first kappa shape index (κ1) is 10.9. The second-order valence-corrected chi connectivity index (χ2v) is 4.47. The van der Waals surface area contributed by atoms with Gasteiger partial charge in [0.2, 0.25) is 0 Å². The van der Waals surface area contributed by atoms with Crippen molar-refractivity contribution in [2.45, 2.75) is 12.7 Å². The van der Waals surface area contributed by atoms with Crippen molar-refractivity contribution in [2.24, 2.45) is 5.92 Å². The second-order valence-electron chi connectivity index (χ2n) is 3.14. The minimum Gasteiger partial charge on any atom is -0.264 e. The smallest absolute Gasteiger partial charge is 0.0308 e. The van der Waals surface area contributed by atoms with Gasteiger partial charge in [0.25, 0.3) is 0 Å². The third kappa shape index (κ3) is 4.53. The van der Waals surface area contributed by atoms with Crippen molar-refractivity contribution < 1.29 is 0 Å². The van der Waals surface area contributed by atoms with Crippen molar-refractivity contribution in [3.05, 3.63) is 30.1 Å². The molecule has 1 nitrogen and oxygen atoms in total. The molecule has 1 aromatic rings. The van der Waals surface area contributed by atoms with Crippen LogP contribution < -0.4 is 0 Å². The van der Waals surface area contributed by atoms with Crippen molar-refractivity contribution in [1.29, 1.82) is 0 Å². The fourth-order valence-electron chi connectivity index (χ4n) is 0.906. The molecule has 0 aliphatic rings. The van der Waals surface area contributed by atoms with Crippen LogP contribution in [0.4, 0.5) is 0 Å². The van der Waals surface area contributed by atoms with Crippen LogP contribution in [0.5, 0.6) is 0 Å². The van der Waals surface area contributed by atoms with E-state index >= 15 is 0 Å². The lowest BCUT2D eigenvalue weighted by Crippen LogP contribution is -1.99. The highest BCUT2D eigenvalue weighted by atomic mass is 35.5. The van der Waals surface area contributed by atoms with Crippen LogP contribution in [0.25, 0.3) is 0 Å². The Bertz CT molecular complexity index is 228. The Hall–Kier alpha value is -0.210. The summed E-state index contributed by atoms with van der Waals surface area (Å²) in [4.78, 5) is 4.06. The average molecular weight is 216 g/mol. The fraction of sp³-hybridized carbons (Fsp3) is 0.500. The van der Waals surface area contributed by atoms with E-state index in [0.29, 0.717) is 5.92 Å². The summed E-state index contributed by atoms with van der Waals surface area (Å²) >= 11 is 7.62. The second kappa shape index (κ2) is 6.28. The number of hydrogen-bond acceptors (Lipinski definition) is 2. The lowest BCUT2D eigenvalue weighted by Gasteiger charge is -2.05. The summed E-state index contributed by atoms with van der Waals surface area (Å²) in [6.07, 6.45) is 3.72. The molecule has 0 aromatic carbocycles. The van der Waals surface area contributed by atoms with Gasteiger partial charge in [-0.05, 0) is 23.3 Å². The zero-order valence-corrected chi connectivity index (χ0v) is 9.31. The SMILES string of the molecule is CC(CCl)CSCc1cccnc1. The molecule has 0 saturated carbocycles. The Morgan fingerprint density at radius 1 is 1.62 bits per heavy atom. The number of aromatic nitrogens is 1.